The Morgan fingerprint density at radius 1 is 1.24 bits per heavy atom. The minimum Gasteiger partial charge on any atom is -0.496 e. The second kappa shape index (κ2) is 4.41. The molecule has 0 unspecified atom stereocenters. The highest BCUT2D eigenvalue weighted by molar-refractivity contribution is 5.71. The number of aromatic amines is 1. The van der Waals surface area contributed by atoms with E-state index in [1.807, 2.05) is 26.0 Å². The lowest BCUT2D eigenvalue weighted by Gasteiger charge is -2.12. The van der Waals surface area contributed by atoms with Gasteiger partial charge in [0.2, 0.25) is 0 Å². The van der Waals surface area contributed by atoms with E-state index >= 15 is 0 Å². The Morgan fingerprint density at radius 3 is 2.65 bits per heavy atom. The summed E-state index contributed by atoms with van der Waals surface area (Å²) in [7, 11) is 1.61. The number of hydrogen-bond acceptors (Lipinski definition) is 3. The second-order valence-electron chi connectivity index (χ2n) is 3.88. The third-order valence-corrected chi connectivity index (χ3v) is 2.89. The van der Waals surface area contributed by atoms with E-state index in [1.165, 1.54) is 6.33 Å². The van der Waals surface area contributed by atoms with Crippen LogP contribution in [0.15, 0.2) is 29.5 Å². The Bertz CT molecular complexity index is 603. The molecule has 0 fully saturated rings. The second-order valence-corrected chi connectivity index (χ2v) is 3.88. The van der Waals surface area contributed by atoms with Crippen molar-refractivity contribution in [3.63, 3.8) is 0 Å². The summed E-state index contributed by atoms with van der Waals surface area (Å²) in [5.41, 5.74) is 3.29. The lowest BCUT2D eigenvalue weighted by atomic mass is 10.0. The van der Waals surface area contributed by atoms with E-state index in [0.717, 1.165) is 22.4 Å². The average molecular weight is 230 g/mol. The molecular weight excluding hydrogens is 216 g/mol. The maximum absolute atomic E-state index is 11.7. The van der Waals surface area contributed by atoms with Crippen LogP contribution in [0.5, 0.6) is 5.75 Å². The zero-order valence-electron chi connectivity index (χ0n) is 10.1. The van der Waals surface area contributed by atoms with Crippen molar-refractivity contribution < 1.29 is 4.74 Å². The van der Waals surface area contributed by atoms with E-state index in [2.05, 4.69) is 9.97 Å². The Hall–Kier alpha value is -2.10. The number of aromatic nitrogens is 2. The summed E-state index contributed by atoms with van der Waals surface area (Å²) in [6.07, 6.45) is 2.92. The van der Waals surface area contributed by atoms with Crippen molar-refractivity contribution in [2.75, 3.05) is 7.11 Å². The van der Waals surface area contributed by atoms with E-state index in [1.54, 1.807) is 13.3 Å². The molecule has 0 saturated carbocycles. The number of hydrogen-bond donors (Lipinski definition) is 1. The van der Waals surface area contributed by atoms with Gasteiger partial charge in [0.15, 0.2) is 0 Å². The van der Waals surface area contributed by atoms with Crippen molar-refractivity contribution in [3.05, 3.63) is 46.1 Å². The molecule has 0 aliphatic heterocycles. The number of benzene rings is 1. The van der Waals surface area contributed by atoms with Crippen LogP contribution < -0.4 is 10.3 Å². The number of nitrogens with one attached hydrogen (secondary N) is 1. The van der Waals surface area contributed by atoms with Crippen LogP contribution in [0.1, 0.15) is 11.1 Å². The van der Waals surface area contributed by atoms with Crippen LogP contribution in [0.2, 0.25) is 0 Å². The van der Waals surface area contributed by atoms with Gasteiger partial charge in [-0.05, 0) is 25.0 Å². The molecule has 4 nitrogen and oxygen atoms in total. The molecule has 2 rings (SSSR count). The number of H-pyrrole nitrogens is 1. The van der Waals surface area contributed by atoms with Gasteiger partial charge >= 0.3 is 0 Å². The fraction of sp³-hybridized carbons (Fsp3) is 0.231. The molecule has 1 heterocycles. The van der Waals surface area contributed by atoms with Crippen molar-refractivity contribution in [1.82, 2.24) is 9.97 Å². The molecule has 0 spiro atoms. The fourth-order valence-electron chi connectivity index (χ4n) is 1.80. The number of nitrogens with zero attached hydrogens (tertiary/aromatic N) is 1. The summed E-state index contributed by atoms with van der Waals surface area (Å²) in [4.78, 5) is 18.2. The van der Waals surface area contributed by atoms with E-state index in [0.29, 0.717) is 5.56 Å². The molecule has 0 amide bonds. The van der Waals surface area contributed by atoms with Crippen LogP contribution in [0.4, 0.5) is 0 Å². The highest BCUT2D eigenvalue weighted by Crippen LogP contribution is 2.32. The van der Waals surface area contributed by atoms with Crippen LogP contribution >= 0.6 is 0 Å². The van der Waals surface area contributed by atoms with Gasteiger partial charge in [0, 0.05) is 11.8 Å². The van der Waals surface area contributed by atoms with Gasteiger partial charge in [-0.1, -0.05) is 12.1 Å². The normalized spacial score (nSPS) is 10.3. The highest BCUT2D eigenvalue weighted by Gasteiger charge is 2.12. The van der Waals surface area contributed by atoms with Gasteiger partial charge in [-0.2, -0.15) is 0 Å². The molecule has 1 N–H and O–H groups in total. The number of methoxy groups -OCH3 is 1. The first-order valence-corrected chi connectivity index (χ1v) is 5.32. The molecule has 88 valence electrons. The van der Waals surface area contributed by atoms with Crippen LogP contribution in [-0.4, -0.2) is 17.1 Å². The molecule has 0 bridgehead atoms. The maximum atomic E-state index is 11.7. The molecule has 4 heteroatoms. The number of aryl methyl sites for hydroxylation is 1. The predicted octanol–water partition coefficient (Wildman–Crippen LogP) is 2.06. The summed E-state index contributed by atoms with van der Waals surface area (Å²) in [6, 6.07) is 3.85. The third kappa shape index (κ3) is 1.93. The fourth-order valence-corrected chi connectivity index (χ4v) is 1.80. The monoisotopic (exact) mass is 230 g/mol. The van der Waals surface area contributed by atoms with Crippen LogP contribution in [-0.2, 0) is 0 Å². The molecule has 17 heavy (non-hydrogen) atoms. The lowest BCUT2D eigenvalue weighted by molar-refractivity contribution is 0.413. The molecule has 0 aliphatic rings. The van der Waals surface area contributed by atoms with E-state index in [-0.39, 0.29) is 5.56 Å². The SMILES string of the molecule is COc1c(-c2cnc[nH]c2=O)ccc(C)c1C. The summed E-state index contributed by atoms with van der Waals surface area (Å²) in [5.74, 6) is 0.725. The van der Waals surface area contributed by atoms with Gasteiger partial charge in [0.05, 0.1) is 19.0 Å². The van der Waals surface area contributed by atoms with Crippen LogP contribution in [0.25, 0.3) is 11.1 Å². The standard InChI is InChI=1S/C13H14N2O2/c1-8-4-5-10(12(17-3)9(8)2)11-6-14-7-15-13(11)16/h4-7H,1-3H3,(H,14,15,16). The van der Waals surface area contributed by atoms with Crippen molar-refractivity contribution in [3.8, 4) is 16.9 Å². The van der Waals surface area contributed by atoms with E-state index in [4.69, 9.17) is 4.74 Å². The zero-order chi connectivity index (χ0) is 12.4. The Morgan fingerprint density at radius 2 is 2.00 bits per heavy atom. The average Bonchev–Trinajstić information content (AvgIpc) is 2.33. The first kappa shape index (κ1) is 11.4. The number of ether oxygens (including phenoxy) is 1. The third-order valence-electron chi connectivity index (χ3n) is 2.89. The summed E-state index contributed by atoms with van der Waals surface area (Å²) in [6.45, 7) is 3.98. The summed E-state index contributed by atoms with van der Waals surface area (Å²) < 4.78 is 5.39. The minimum atomic E-state index is -0.165. The van der Waals surface area contributed by atoms with Crippen LogP contribution in [0, 0.1) is 13.8 Å². The largest absolute Gasteiger partial charge is 0.496 e. The molecule has 2 aromatic rings. The van der Waals surface area contributed by atoms with Gasteiger partial charge in [-0.25, -0.2) is 4.98 Å². The predicted molar refractivity (Wildman–Crippen MR) is 66.3 cm³/mol. The van der Waals surface area contributed by atoms with Gasteiger partial charge in [-0.15, -0.1) is 0 Å². The van der Waals surface area contributed by atoms with Crippen LogP contribution in [0.3, 0.4) is 0 Å². The molecule has 0 atom stereocenters. The Labute approximate surface area is 99.3 Å². The molecule has 1 aromatic carbocycles. The first-order valence-electron chi connectivity index (χ1n) is 5.32. The molecular formula is C13H14N2O2. The van der Waals surface area contributed by atoms with Gasteiger partial charge in [0.1, 0.15) is 5.75 Å². The molecule has 0 radical (unpaired) electrons. The van der Waals surface area contributed by atoms with Crippen molar-refractivity contribution in [2.45, 2.75) is 13.8 Å². The molecule has 0 saturated heterocycles. The quantitative estimate of drug-likeness (QED) is 0.859. The minimum absolute atomic E-state index is 0.165. The van der Waals surface area contributed by atoms with Gasteiger partial charge in [0.25, 0.3) is 5.56 Å². The van der Waals surface area contributed by atoms with E-state index in [9.17, 15) is 4.79 Å². The van der Waals surface area contributed by atoms with Gasteiger partial charge < -0.3 is 9.72 Å². The summed E-state index contributed by atoms with van der Waals surface area (Å²) in [5, 5.41) is 0. The lowest BCUT2D eigenvalue weighted by Crippen LogP contribution is -2.09. The molecule has 0 aliphatic carbocycles. The number of rotatable bonds is 2. The van der Waals surface area contributed by atoms with Crippen molar-refractivity contribution in [2.24, 2.45) is 0 Å². The highest BCUT2D eigenvalue weighted by atomic mass is 16.5. The topological polar surface area (TPSA) is 55.0 Å². The first-order chi connectivity index (χ1) is 8.15. The summed E-state index contributed by atoms with van der Waals surface area (Å²) >= 11 is 0. The van der Waals surface area contributed by atoms with Gasteiger partial charge in [-0.3, -0.25) is 4.79 Å². The van der Waals surface area contributed by atoms with Crippen molar-refractivity contribution in [1.29, 1.82) is 0 Å². The zero-order valence-corrected chi connectivity index (χ0v) is 10.1. The maximum Gasteiger partial charge on any atom is 0.258 e. The van der Waals surface area contributed by atoms with Crippen molar-refractivity contribution >= 4 is 0 Å². The smallest absolute Gasteiger partial charge is 0.258 e. The Kier molecular flexibility index (Phi) is 2.95. The van der Waals surface area contributed by atoms with E-state index < -0.39 is 0 Å². The molecule has 1 aromatic heterocycles. The Balaban J connectivity index is 2.73.